The highest BCUT2D eigenvalue weighted by atomic mass is 79.9. The maximum absolute atomic E-state index is 5.90. The van der Waals surface area contributed by atoms with E-state index in [4.69, 9.17) is 11.6 Å². The van der Waals surface area contributed by atoms with Crippen molar-refractivity contribution in [1.82, 2.24) is 5.32 Å². The fourth-order valence-corrected chi connectivity index (χ4v) is 3.71. The summed E-state index contributed by atoms with van der Waals surface area (Å²) in [7, 11) is 0. The van der Waals surface area contributed by atoms with Gasteiger partial charge in [0.1, 0.15) is 0 Å². The Bertz CT molecular complexity index is 513. The van der Waals surface area contributed by atoms with Gasteiger partial charge in [-0.25, -0.2) is 0 Å². The molecule has 0 spiro atoms. The standard InChI is InChI=1S/C12H10Br2ClNS/c13-10-3-4-17-12(10)7-16-6-8-1-2-9(15)5-11(8)14/h1-5,16H,6-7H2. The highest BCUT2D eigenvalue weighted by Crippen LogP contribution is 2.23. The Labute approximate surface area is 126 Å². The molecule has 0 aliphatic carbocycles. The highest BCUT2D eigenvalue weighted by Gasteiger charge is 2.03. The summed E-state index contributed by atoms with van der Waals surface area (Å²) in [6, 6.07) is 7.92. The molecule has 0 aliphatic rings. The van der Waals surface area contributed by atoms with Crippen molar-refractivity contribution in [3.05, 3.63) is 54.1 Å². The van der Waals surface area contributed by atoms with Crippen LogP contribution in [0, 0.1) is 0 Å². The van der Waals surface area contributed by atoms with Crippen molar-refractivity contribution >= 4 is 54.8 Å². The summed E-state index contributed by atoms with van der Waals surface area (Å²) >= 11 is 14.7. The van der Waals surface area contributed by atoms with E-state index in [1.807, 2.05) is 18.2 Å². The molecule has 90 valence electrons. The van der Waals surface area contributed by atoms with Gasteiger partial charge in [0.15, 0.2) is 0 Å². The third-order valence-corrected chi connectivity index (χ3v) is 5.21. The van der Waals surface area contributed by atoms with Gasteiger partial charge in [0.2, 0.25) is 0 Å². The fraction of sp³-hybridized carbons (Fsp3) is 0.167. The molecule has 2 aromatic rings. The van der Waals surface area contributed by atoms with E-state index in [1.54, 1.807) is 11.3 Å². The van der Waals surface area contributed by atoms with Gasteiger partial charge in [-0.05, 0) is 45.1 Å². The summed E-state index contributed by atoms with van der Waals surface area (Å²) in [6.07, 6.45) is 0. The third-order valence-electron chi connectivity index (χ3n) is 2.31. The van der Waals surface area contributed by atoms with Gasteiger partial charge in [-0.2, -0.15) is 0 Å². The SMILES string of the molecule is Clc1ccc(CNCc2sccc2Br)c(Br)c1. The Balaban J connectivity index is 1.92. The second-order valence-electron chi connectivity index (χ2n) is 3.53. The van der Waals surface area contributed by atoms with Crippen LogP contribution in [0.15, 0.2) is 38.6 Å². The summed E-state index contributed by atoms with van der Waals surface area (Å²) in [6.45, 7) is 1.69. The van der Waals surface area contributed by atoms with Crippen molar-refractivity contribution in [3.63, 3.8) is 0 Å². The molecule has 0 fully saturated rings. The Morgan fingerprint density at radius 1 is 1.12 bits per heavy atom. The monoisotopic (exact) mass is 393 g/mol. The van der Waals surface area contributed by atoms with Crippen molar-refractivity contribution in [2.24, 2.45) is 0 Å². The minimum Gasteiger partial charge on any atom is -0.308 e. The number of hydrogen-bond donors (Lipinski definition) is 1. The quantitative estimate of drug-likeness (QED) is 0.749. The van der Waals surface area contributed by atoms with Gasteiger partial charge < -0.3 is 5.32 Å². The number of hydrogen-bond acceptors (Lipinski definition) is 2. The van der Waals surface area contributed by atoms with Crippen LogP contribution in [0.3, 0.4) is 0 Å². The lowest BCUT2D eigenvalue weighted by Crippen LogP contribution is -2.12. The third kappa shape index (κ3) is 3.80. The van der Waals surface area contributed by atoms with Crippen molar-refractivity contribution in [3.8, 4) is 0 Å². The molecule has 0 bridgehead atoms. The largest absolute Gasteiger partial charge is 0.308 e. The van der Waals surface area contributed by atoms with Crippen LogP contribution in [0.25, 0.3) is 0 Å². The van der Waals surface area contributed by atoms with E-state index >= 15 is 0 Å². The normalized spacial score (nSPS) is 10.8. The molecular weight excluding hydrogens is 385 g/mol. The second-order valence-corrected chi connectivity index (χ2v) is 6.68. The van der Waals surface area contributed by atoms with Crippen LogP contribution in [0.5, 0.6) is 0 Å². The number of rotatable bonds is 4. The predicted octanol–water partition coefficient (Wildman–Crippen LogP) is 5.22. The molecule has 0 aliphatic heterocycles. The molecule has 2 rings (SSSR count). The average Bonchev–Trinajstić information content (AvgIpc) is 2.68. The minimum atomic E-state index is 0.752. The average molecular weight is 396 g/mol. The lowest BCUT2D eigenvalue weighted by atomic mass is 10.2. The first-order valence-corrected chi connectivity index (χ1v) is 7.87. The van der Waals surface area contributed by atoms with Gasteiger partial charge in [0.05, 0.1) is 0 Å². The smallest absolute Gasteiger partial charge is 0.0417 e. The first-order chi connectivity index (χ1) is 8.16. The van der Waals surface area contributed by atoms with E-state index < -0.39 is 0 Å². The molecule has 0 unspecified atom stereocenters. The minimum absolute atomic E-state index is 0.752. The Morgan fingerprint density at radius 2 is 1.94 bits per heavy atom. The first kappa shape index (κ1) is 13.6. The van der Waals surface area contributed by atoms with E-state index in [2.05, 4.69) is 48.6 Å². The van der Waals surface area contributed by atoms with Gasteiger partial charge in [-0.15, -0.1) is 11.3 Å². The van der Waals surface area contributed by atoms with E-state index in [0.29, 0.717) is 0 Å². The molecule has 17 heavy (non-hydrogen) atoms. The van der Waals surface area contributed by atoms with Crippen LogP contribution in [-0.2, 0) is 13.1 Å². The number of benzene rings is 1. The zero-order valence-corrected chi connectivity index (χ0v) is 13.6. The van der Waals surface area contributed by atoms with Crippen molar-refractivity contribution in [2.75, 3.05) is 0 Å². The topological polar surface area (TPSA) is 12.0 Å². The maximum Gasteiger partial charge on any atom is 0.0417 e. The van der Waals surface area contributed by atoms with Crippen LogP contribution in [-0.4, -0.2) is 0 Å². The van der Waals surface area contributed by atoms with Crippen LogP contribution in [0.1, 0.15) is 10.4 Å². The molecule has 1 aromatic carbocycles. The van der Waals surface area contributed by atoms with Crippen LogP contribution < -0.4 is 5.32 Å². The Morgan fingerprint density at radius 3 is 2.59 bits per heavy atom. The van der Waals surface area contributed by atoms with Gasteiger partial charge in [-0.1, -0.05) is 33.6 Å². The molecule has 0 radical (unpaired) electrons. The summed E-state index contributed by atoms with van der Waals surface area (Å²) < 4.78 is 2.22. The number of nitrogens with one attached hydrogen (secondary N) is 1. The van der Waals surface area contributed by atoms with Crippen molar-refractivity contribution < 1.29 is 0 Å². The molecule has 0 saturated heterocycles. The van der Waals surface area contributed by atoms with Crippen LogP contribution >= 0.6 is 54.8 Å². The zero-order valence-electron chi connectivity index (χ0n) is 8.84. The van der Waals surface area contributed by atoms with Crippen LogP contribution in [0.4, 0.5) is 0 Å². The molecular formula is C12H10Br2ClNS. The molecule has 0 saturated carbocycles. The number of thiophene rings is 1. The zero-order chi connectivity index (χ0) is 12.3. The Kier molecular flexibility index (Phi) is 5.06. The fourth-order valence-electron chi connectivity index (χ4n) is 1.43. The molecule has 0 amide bonds. The number of halogens is 3. The lowest BCUT2D eigenvalue weighted by molar-refractivity contribution is 0.697. The Hall–Kier alpha value is 0.130. The van der Waals surface area contributed by atoms with E-state index in [9.17, 15) is 0 Å². The molecule has 1 nitrogen and oxygen atoms in total. The summed E-state index contributed by atoms with van der Waals surface area (Å²) in [5.74, 6) is 0. The first-order valence-electron chi connectivity index (χ1n) is 5.03. The molecule has 1 heterocycles. The summed E-state index contributed by atoms with van der Waals surface area (Å²) in [5, 5.41) is 6.25. The molecule has 5 heteroatoms. The van der Waals surface area contributed by atoms with Crippen LogP contribution in [0.2, 0.25) is 5.02 Å². The highest BCUT2D eigenvalue weighted by molar-refractivity contribution is 9.10. The van der Waals surface area contributed by atoms with Gasteiger partial charge in [0, 0.05) is 31.9 Å². The maximum atomic E-state index is 5.90. The predicted molar refractivity (Wildman–Crippen MR) is 81.7 cm³/mol. The molecule has 1 aromatic heterocycles. The van der Waals surface area contributed by atoms with E-state index in [-0.39, 0.29) is 0 Å². The van der Waals surface area contributed by atoms with Gasteiger partial charge in [-0.3, -0.25) is 0 Å². The summed E-state index contributed by atoms with van der Waals surface area (Å²) in [5.41, 5.74) is 1.21. The van der Waals surface area contributed by atoms with E-state index in [0.717, 1.165) is 22.6 Å². The van der Waals surface area contributed by atoms with E-state index in [1.165, 1.54) is 14.9 Å². The lowest BCUT2D eigenvalue weighted by Gasteiger charge is -2.06. The van der Waals surface area contributed by atoms with Gasteiger partial charge >= 0.3 is 0 Å². The van der Waals surface area contributed by atoms with Crippen molar-refractivity contribution in [1.29, 1.82) is 0 Å². The second kappa shape index (κ2) is 6.34. The molecule has 0 atom stereocenters. The van der Waals surface area contributed by atoms with Gasteiger partial charge in [0.25, 0.3) is 0 Å². The molecule has 1 N–H and O–H groups in total. The summed E-state index contributed by atoms with van der Waals surface area (Å²) in [4.78, 5) is 1.31. The van der Waals surface area contributed by atoms with Crippen molar-refractivity contribution in [2.45, 2.75) is 13.1 Å².